The van der Waals surface area contributed by atoms with Gasteiger partial charge in [0.2, 0.25) is 0 Å². The number of hydrogen-bond acceptors (Lipinski definition) is 8. The molecule has 10 rings (SSSR count). The molecular weight excluding hydrogens is 915 g/mol. The lowest BCUT2D eigenvalue weighted by Gasteiger charge is -2.26. The molecule has 0 aliphatic heterocycles. The minimum absolute atomic E-state index is 0.0196. The number of anilines is 9. The van der Waals surface area contributed by atoms with Gasteiger partial charge in [0.1, 0.15) is 23.0 Å². The van der Waals surface area contributed by atoms with Crippen LogP contribution in [0, 0.1) is 6.92 Å². The van der Waals surface area contributed by atoms with Crippen molar-refractivity contribution in [3.8, 4) is 56.4 Å². The molecular formula is C66H57N3O5. The van der Waals surface area contributed by atoms with Crippen molar-refractivity contribution in [1.82, 2.24) is 0 Å². The molecule has 0 bridgehead atoms. The average molecular weight is 972 g/mol. The van der Waals surface area contributed by atoms with Crippen LogP contribution in [0.25, 0.3) is 33.4 Å². The minimum atomic E-state index is -0.0196. The molecule has 0 amide bonds. The Morgan fingerprint density at radius 2 is 0.473 bits per heavy atom. The van der Waals surface area contributed by atoms with E-state index in [-0.39, 0.29) is 6.61 Å². The molecule has 0 fully saturated rings. The van der Waals surface area contributed by atoms with E-state index < -0.39 is 0 Å². The second-order valence-corrected chi connectivity index (χ2v) is 17.9. The fourth-order valence-electron chi connectivity index (χ4n) is 9.25. The van der Waals surface area contributed by atoms with Gasteiger partial charge >= 0.3 is 0 Å². The summed E-state index contributed by atoms with van der Waals surface area (Å²) in [6, 6.07) is 82.3. The van der Waals surface area contributed by atoms with Gasteiger partial charge in [-0.25, -0.2) is 0 Å². The van der Waals surface area contributed by atoms with Crippen molar-refractivity contribution in [3.63, 3.8) is 0 Å². The Labute approximate surface area is 434 Å². The smallest absolute Gasteiger partial charge is 0.119 e. The lowest BCUT2D eigenvalue weighted by molar-refractivity contribution is 0.282. The van der Waals surface area contributed by atoms with Crippen LogP contribution in [0.5, 0.6) is 23.0 Å². The maximum atomic E-state index is 9.83. The van der Waals surface area contributed by atoms with E-state index in [4.69, 9.17) is 18.9 Å². The lowest BCUT2D eigenvalue weighted by Crippen LogP contribution is -2.10. The molecule has 0 aliphatic carbocycles. The fourth-order valence-corrected chi connectivity index (χ4v) is 9.25. The first-order chi connectivity index (χ1) is 36.3. The Morgan fingerprint density at radius 1 is 0.270 bits per heavy atom. The van der Waals surface area contributed by atoms with Crippen LogP contribution >= 0.6 is 0 Å². The SMILES string of the molecule is COc1ccc(N(c2ccc(C)cc2)c2ccc(-c3cc(-c4ccc(N(c5ccc(CO)cc5)c5ccc(OC)cc5)cc4)cc(-c4ccc(N(c5ccc(OC)cc5)c5ccc(OC)cc5)cc4)c3)cc2)cc1. The highest BCUT2D eigenvalue weighted by Gasteiger charge is 2.18. The number of benzene rings is 10. The van der Waals surface area contributed by atoms with Crippen LogP contribution in [0.1, 0.15) is 11.1 Å². The Hall–Kier alpha value is -9.24. The van der Waals surface area contributed by atoms with Crippen LogP contribution < -0.4 is 33.6 Å². The first-order valence-corrected chi connectivity index (χ1v) is 24.5. The second-order valence-electron chi connectivity index (χ2n) is 17.9. The number of aliphatic hydroxyl groups excluding tert-OH is 1. The van der Waals surface area contributed by atoms with E-state index in [1.807, 2.05) is 72.8 Å². The van der Waals surface area contributed by atoms with Crippen LogP contribution in [0.4, 0.5) is 51.2 Å². The van der Waals surface area contributed by atoms with Gasteiger partial charge in [0, 0.05) is 51.2 Å². The van der Waals surface area contributed by atoms with E-state index in [0.717, 1.165) is 113 Å². The predicted molar refractivity (Wildman–Crippen MR) is 304 cm³/mol. The third-order valence-corrected chi connectivity index (χ3v) is 13.3. The molecule has 10 aromatic carbocycles. The molecule has 74 heavy (non-hydrogen) atoms. The predicted octanol–water partition coefficient (Wildman–Crippen LogP) is 16.9. The van der Waals surface area contributed by atoms with E-state index in [1.54, 1.807) is 28.4 Å². The van der Waals surface area contributed by atoms with Gasteiger partial charge in [-0.05, 0) is 222 Å². The Balaban J connectivity index is 1.05. The molecule has 0 aliphatic rings. The minimum Gasteiger partial charge on any atom is -0.497 e. The number of ether oxygens (including phenoxy) is 4. The van der Waals surface area contributed by atoms with Gasteiger partial charge < -0.3 is 38.8 Å². The lowest BCUT2D eigenvalue weighted by atomic mass is 9.93. The van der Waals surface area contributed by atoms with Crippen LogP contribution in [-0.4, -0.2) is 33.5 Å². The summed E-state index contributed by atoms with van der Waals surface area (Å²) in [5, 5.41) is 9.83. The van der Waals surface area contributed by atoms with Gasteiger partial charge in [0.05, 0.1) is 35.0 Å². The van der Waals surface area contributed by atoms with Gasteiger partial charge in [0.25, 0.3) is 0 Å². The molecule has 0 unspecified atom stereocenters. The summed E-state index contributed by atoms with van der Waals surface area (Å²) in [6.07, 6.45) is 0. The van der Waals surface area contributed by atoms with Crippen LogP contribution in [0.2, 0.25) is 0 Å². The van der Waals surface area contributed by atoms with E-state index in [1.165, 1.54) is 5.56 Å². The van der Waals surface area contributed by atoms with Crippen molar-refractivity contribution < 1.29 is 24.1 Å². The first kappa shape index (κ1) is 48.4. The molecule has 10 aromatic rings. The standard InChI is InChI=1S/C66H57N3O5/c1-46-6-16-54(17-7-46)67(59-26-34-63(71-2)35-27-59)56-20-10-48(11-21-56)51-42-52(49-12-22-57(23-13-49)68(55-18-8-47(45-70)9-19-55)60-28-36-64(72-3)37-29-60)44-53(43-51)50-14-24-58(25-15-50)69(61-30-38-65(73-4)39-31-61)62-32-40-66(74-5)41-33-62/h6-44,70H,45H2,1-5H3. The van der Waals surface area contributed by atoms with Gasteiger partial charge in [-0.15, -0.1) is 0 Å². The van der Waals surface area contributed by atoms with E-state index in [2.05, 4.69) is 185 Å². The topological polar surface area (TPSA) is 66.9 Å². The summed E-state index contributed by atoms with van der Waals surface area (Å²) >= 11 is 0. The number of aliphatic hydroxyl groups is 1. The zero-order valence-electron chi connectivity index (χ0n) is 42.1. The molecule has 0 heterocycles. The fraction of sp³-hybridized carbons (Fsp3) is 0.0909. The molecule has 8 heteroatoms. The van der Waals surface area contributed by atoms with Crippen molar-refractivity contribution in [3.05, 3.63) is 248 Å². The Morgan fingerprint density at radius 3 is 0.689 bits per heavy atom. The summed E-state index contributed by atoms with van der Waals surface area (Å²) in [4.78, 5) is 6.71. The summed E-state index contributed by atoms with van der Waals surface area (Å²) in [5.41, 5.74) is 17.6. The van der Waals surface area contributed by atoms with E-state index >= 15 is 0 Å². The molecule has 0 radical (unpaired) electrons. The maximum absolute atomic E-state index is 9.83. The van der Waals surface area contributed by atoms with Crippen molar-refractivity contribution >= 4 is 51.2 Å². The summed E-state index contributed by atoms with van der Waals surface area (Å²) in [6.45, 7) is 2.09. The number of methoxy groups -OCH3 is 4. The van der Waals surface area contributed by atoms with Crippen LogP contribution in [0.15, 0.2) is 237 Å². The third kappa shape index (κ3) is 10.5. The largest absolute Gasteiger partial charge is 0.497 e. The quantitative estimate of drug-likeness (QED) is 0.0968. The Bertz CT molecular complexity index is 3160. The van der Waals surface area contributed by atoms with Crippen molar-refractivity contribution in [2.24, 2.45) is 0 Å². The number of aryl methyl sites for hydroxylation is 1. The monoisotopic (exact) mass is 971 g/mol. The molecule has 0 aromatic heterocycles. The molecule has 1 N–H and O–H groups in total. The first-order valence-electron chi connectivity index (χ1n) is 24.5. The number of hydrogen-bond donors (Lipinski definition) is 1. The van der Waals surface area contributed by atoms with E-state index in [0.29, 0.717) is 0 Å². The summed E-state index contributed by atoms with van der Waals surface area (Å²) in [7, 11) is 6.73. The number of rotatable bonds is 17. The second kappa shape index (κ2) is 22.0. The van der Waals surface area contributed by atoms with Crippen molar-refractivity contribution in [1.29, 1.82) is 0 Å². The molecule has 0 saturated carbocycles. The average Bonchev–Trinajstić information content (AvgIpc) is 3.47. The van der Waals surface area contributed by atoms with Gasteiger partial charge in [-0.3, -0.25) is 0 Å². The maximum Gasteiger partial charge on any atom is 0.119 e. The van der Waals surface area contributed by atoms with Gasteiger partial charge in [-0.1, -0.05) is 66.2 Å². The normalized spacial score (nSPS) is 10.9. The highest BCUT2D eigenvalue weighted by Crippen LogP contribution is 2.42. The van der Waals surface area contributed by atoms with Crippen LogP contribution in [0.3, 0.4) is 0 Å². The van der Waals surface area contributed by atoms with Crippen molar-refractivity contribution in [2.45, 2.75) is 13.5 Å². The molecule has 366 valence electrons. The highest BCUT2D eigenvalue weighted by atomic mass is 16.5. The molecule has 0 spiro atoms. The molecule has 0 saturated heterocycles. The zero-order chi connectivity index (χ0) is 51.0. The molecule has 0 atom stereocenters. The zero-order valence-corrected chi connectivity index (χ0v) is 42.1. The molecule has 8 nitrogen and oxygen atoms in total. The highest BCUT2D eigenvalue weighted by molar-refractivity contribution is 5.86. The third-order valence-electron chi connectivity index (χ3n) is 13.3. The summed E-state index contributed by atoms with van der Waals surface area (Å²) < 4.78 is 22.1. The van der Waals surface area contributed by atoms with Crippen molar-refractivity contribution in [2.75, 3.05) is 43.1 Å². The Kier molecular flexibility index (Phi) is 14.4. The van der Waals surface area contributed by atoms with Gasteiger partial charge in [-0.2, -0.15) is 0 Å². The summed E-state index contributed by atoms with van der Waals surface area (Å²) in [5.74, 6) is 3.18. The number of nitrogens with zero attached hydrogens (tertiary/aromatic N) is 3. The van der Waals surface area contributed by atoms with Gasteiger partial charge in [0.15, 0.2) is 0 Å². The van der Waals surface area contributed by atoms with E-state index in [9.17, 15) is 5.11 Å². The van der Waals surface area contributed by atoms with Crippen LogP contribution in [-0.2, 0) is 6.61 Å².